The van der Waals surface area contributed by atoms with E-state index in [-0.39, 0.29) is 6.04 Å². The summed E-state index contributed by atoms with van der Waals surface area (Å²) in [6, 6.07) is 6.82. The van der Waals surface area contributed by atoms with Crippen LogP contribution in [0.5, 0.6) is 5.75 Å². The van der Waals surface area contributed by atoms with Crippen molar-refractivity contribution >= 4 is 5.82 Å². The van der Waals surface area contributed by atoms with Crippen LogP contribution in [0.15, 0.2) is 30.3 Å². The Morgan fingerprint density at radius 2 is 1.92 bits per heavy atom. The predicted molar refractivity (Wildman–Crippen MR) is 93.2 cm³/mol. The van der Waals surface area contributed by atoms with Crippen molar-refractivity contribution in [2.24, 2.45) is 0 Å². The number of aromatic nitrogens is 2. The van der Waals surface area contributed by atoms with E-state index < -0.39 is 11.7 Å². The van der Waals surface area contributed by atoms with Gasteiger partial charge >= 0.3 is 6.18 Å². The third-order valence-corrected chi connectivity index (χ3v) is 4.44. The second kappa shape index (κ2) is 7.49. The Balaban J connectivity index is 1.80. The van der Waals surface area contributed by atoms with E-state index >= 15 is 0 Å². The molecule has 0 amide bonds. The van der Waals surface area contributed by atoms with Gasteiger partial charge in [0.1, 0.15) is 5.69 Å². The van der Waals surface area contributed by atoms with Gasteiger partial charge in [-0.05, 0) is 38.6 Å². The number of methoxy groups -OCH3 is 1. The van der Waals surface area contributed by atoms with E-state index in [1.54, 1.807) is 6.07 Å². The summed E-state index contributed by atoms with van der Waals surface area (Å²) in [6.07, 6.45) is -2.20. The van der Waals surface area contributed by atoms with Crippen LogP contribution in [-0.4, -0.2) is 48.4 Å². The van der Waals surface area contributed by atoms with Crippen molar-refractivity contribution < 1.29 is 17.9 Å². The van der Waals surface area contributed by atoms with Gasteiger partial charge in [0.25, 0.3) is 0 Å². The zero-order valence-electron chi connectivity index (χ0n) is 14.7. The van der Waals surface area contributed by atoms with E-state index in [2.05, 4.69) is 27.5 Å². The summed E-state index contributed by atoms with van der Waals surface area (Å²) in [7, 11) is 3.58. The third-order valence-electron chi connectivity index (χ3n) is 4.44. The van der Waals surface area contributed by atoms with E-state index in [0.717, 1.165) is 38.1 Å². The summed E-state index contributed by atoms with van der Waals surface area (Å²) in [5, 5.41) is 11.7. The molecule has 1 fully saturated rings. The number of halogens is 3. The summed E-state index contributed by atoms with van der Waals surface area (Å²) in [5.74, 6) is 1.06. The number of alkyl halides is 3. The van der Waals surface area contributed by atoms with Crippen LogP contribution in [0.3, 0.4) is 0 Å². The SMILES string of the molecule is COc1cc(N[C@@H]2CCCN(C)C2)nnc1-c1ccc(C(F)(F)F)cc1. The molecule has 3 rings (SSSR count). The van der Waals surface area contributed by atoms with E-state index in [1.165, 1.54) is 19.2 Å². The van der Waals surface area contributed by atoms with Crippen LogP contribution in [0.25, 0.3) is 11.3 Å². The van der Waals surface area contributed by atoms with Gasteiger partial charge in [-0.25, -0.2) is 0 Å². The van der Waals surface area contributed by atoms with E-state index in [9.17, 15) is 13.2 Å². The predicted octanol–water partition coefficient (Wildman–Crippen LogP) is 3.68. The van der Waals surface area contributed by atoms with Crippen molar-refractivity contribution in [1.29, 1.82) is 0 Å². The highest BCUT2D eigenvalue weighted by Crippen LogP contribution is 2.33. The second-order valence-electron chi connectivity index (χ2n) is 6.47. The van der Waals surface area contributed by atoms with E-state index in [1.807, 2.05) is 0 Å². The molecule has 2 aromatic rings. The number of likely N-dealkylation sites (N-methyl/N-ethyl adjacent to an activating group) is 1. The van der Waals surface area contributed by atoms with E-state index in [4.69, 9.17) is 4.74 Å². The Bertz CT molecular complexity index is 749. The maximum absolute atomic E-state index is 12.7. The van der Waals surface area contributed by atoms with Gasteiger partial charge in [-0.1, -0.05) is 12.1 Å². The lowest BCUT2D eigenvalue weighted by molar-refractivity contribution is -0.137. The monoisotopic (exact) mass is 366 g/mol. The fourth-order valence-electron chi connectivity index (χ4n) is 3.11. The quantitative estimate of drug-likeness (QED) is 0.895. The third kappa shape index (κ3) is 4.24. The highest BCUT2D eigenvalue weighted by molar-refractivity contribution is 5.67. The largest absolute Gasteiger partial charge is 0.494 e. The maximum Gasteiger partial charge on any atom is 0.416 e. The topological polar surface area (TPSA) is 50.3 Å². The van der Waals surface area contributed by atoms with Crippen molar-refractivity contribution in [3.8, 4) is 17.0 Å². The number of rotatable bonds is 4. The van der Waals surface area contributed by atoms with Gasteiger partial charge in [0.2, 0.25) is 0 Å². The van der Waals surface area contributed by atoms with Crippen molar-refractivity contribution in [3.63, 3.8) is 0 Å². The zero-order valence-corrected chi connectivity index (χ0v) is 14.7. The fourth-order valence-corrected chi connectivity index (χ4v) is 3.11. The highest BCUT2D eigenvalue weighted by atomic mass is 19.4. The molecule has 0 unspecified atom stereocenters. The summed E-state index contributed by atoms with van der Waals surface area (Å²) in [4.78, 5) is 2.25. The zero-order chi connectivity index (χ0) is 18.7. The lowest BCUT2D eigenvalue weighted by Crippen LogP contribution is -2.39. The highest BCUT2D eigenvalue weighted by Gasteiger charge is 2.30. The van der Waals surface area contributed by atoms with Crippen LogP contribution in [-0.2, 0) is 6.18 Å². The molecule has 1 aliphatic heterocycles. The van der Waals surface area contributed by atoms with Crippen LogP contribution >= 0.6 is 0 Å². The average Bonchev–Trinajstić information content (AvgIpc) is 2.61. The Morgan fingerprint density at radius 1 is 1.19 bits per heavy atom. The van der Waals surface area contributed by atoms with Gasteiger partial charge in [-0.3, -0.25) is 0 Å². The molecule has 0 radical (unpaired) electrons. The molecule has 1 aromatic carbocycles. The summed E-state index contributed by atoms with van der Waals surface area (Å²) in [5.41, 5.74) is 0.228. The molecule has 1 N–H and O–H groups in total. The van der Waals surface area contributed by atoms with Crippen LogP contribution < -0.4 is 10.1 Å². The number of likely N-dealkylation sites (tertiary alicyclic amines) is 1. The minimum atomic E-state index is -4.37. The summed E-state index contributed by atoms with van der Waals surface area (Å²) in [6.45, 7) is 2.00. The number of hydrogen-bond donors (Lipinski definition) is 1. The lowest BCUT2D eigenvalue weighted by atomic mass is 10.1. The molecule has 0 aliphatic carbocycles. The molecular formula is C18H21F3N4O. The molecule has 1 aliphatic rings. The number of nitrogens with zero attached hydrogens (tertiary/aromatic N) is 3. The first kappa shape index (κ1) is 18.4. The number of hydrogen-bond acceptors (Lipinski definition) is 5. The van der Waals surface area contributed by atoms with Crippen molar-refractivity contribution in [3.05, 3.63) is 35.9 Å². The van der Waals surface area contributed by atoms with Crippen LogP contribution in [0.2, 0.25) is 0 Å². The van der Waals surface area contributed by atoms with Crippen molar-refractivity contribution in [2.75, 3.05) is 32.6 Å². The van der Waals surface area contributed by atoms with Gasteiger partial charge in [0, 0.05) is 24.2 Å². The minimum Gasteiger partial charge on any atom is -0.494 e. The first-order chi connectivity index (χ1) is 12.4. The van der Waals surface area contributed by atoms with Crippen LogP contribution in [0.1, 0.15) is 18.4 Å². The first-order valence-electron chi connectivity index (χ1n) is 8.41. The minimum absolute atomic E-state index is 0.282. The van der Waals surface area contributed by atoms with Crippen molar-refractivity contribution in [2.45, 2.75) is 25.1 Å². The molecule has 1 atom stereocenters. The molecule has 1 aromatic heterocycles. The second-order valence-corrected chi connectivity index (χ2v) is 6.47. The van der Waals surface area contributed by atoms with E-state index in [0.29, 0.717) is 22.8 Å². The van der Waals surface area contributed by atoms with Gasteiger partial charge in [0.05, 0.1) is 12.7 Å². The number of anilines is 1. The lowest BCUT2D eigenvalue weighted by Gasteiger charge is -2.30. The molecular weight excluding hydrogens is 345 g/mol. The molecule has 140 valence electrons. The number of benzene rings is 1. The summed E-state index contributed by atoms with van der Waals surface area (Å²) < 4.78 is 43.5. The van der Waals surface area contributed by atoms with Crippen LogP contribution in [0.4, 0.5) is 19.0 Å². The van der Waals surface area contributed by atoms with Crippen LogP contribution in [0, 0.1) is 0 Å². The Labute approximate surface area is 150 Å². The standard InChI is InChI=1S/C18H21F3N4O/c1-25-9-3-4-14(11-25)22-16-10-15(26-2)17(24-23-16)12-5-7-13(8-6-12)18(19,20)21/h5-8,10,14H,3-4,9,11H2,1-2H3,(H,22,23)/t14-/m1/s1. The Hall–Kier alpha value is -2.35. The molecule has 0 bridgehead atoms. The van der Waals surface area contributed by atoms with Gasteiger partial charge in [-0.2, -0.15) is 13.2 Å². The van der Waals surface area contributed by atoms with Gasteiger partial charge in [-0.15, -0.1) is 10.2 Å². The Kier molecular flexibility index (Phi) is 5.31. The average molecular weight is 366 g/mol. The molecule has 2 heterocycles. The molecule has 8 heteroatoms. The number of piperidine rings is 1. The first-order valence-corrected chi connectivity index (χ1v) is 8.41. The Morgan fingerprint density at radius 3 is 2.54 bits per heavy atom. The molecule has 0 saturated carbocycles. The van der Waals surface area contributed by atoms with Gasteiger partial charge in [0.15, 0.2) is 11.6 Å². The smallest absolute Gasteiger partial charge is 0.416 e. The van der Waals surface area contributed by atoms with Crippen molar-refractivity contribution in [1.82, 2.24) is 15.1 Å². The molecule has 5 nitrogen and oxygen atoms in total. The molecule has 26 heavy (non-hydrogen) atoms. The number of ether oxygens (including phenoxy) is 1. The summed E-state index contributed by atoms with van der Waals surface area (Å²) >= 11 is 0. The molecule has 1 saturated heterocycles. The van der Waals surface area contributed by atoms with Gasteiger partial charge < -0.3 is 15.0 Å². The fraction of sp³-hybridized carbons (Fsp3) is 0.444. The number of nitrogens with one attached hydrogen (secondary N) is 1. The maximum atomic E-state index is 12.7. The normalized spacial score (nSPS) is 18.6. The molecule has 0 spiro atoms.